The van der Waals surface area contributed by atoms with E-state index in [2.05, 4.69) is 47.0 Å². The number of benzene rings is 1. The number of piperidine rings is 1. The van der Waals surface area contributed by atoms with Crippen molar-refractivity contribution < 1.29 is 4.74 Å². The third-order valence-corrected chi connectivity index (χ3v) is 5.26. The summed E-state index contributed by atoms with van der Waals surface area (Å²) in [5, 5.41) is 3.77. The smallest absolute Gasteiger partial charge is 0.136 e. The van der Waals surface area contributed by atoms with E-state index in [4.69, 9.17) is 9.72 Å². The predicted molar refractivity (Wildman–Crippen MR) is 91.7 cm³/mol. The lowest BCUT2D eigenvalue weighted by Gasteiger charge is -2.32. The molecule has 1 aromatic heterocycles. The average Bonchev–Trinajstić information content (AvgIpc) is 2.95. The number of para-hydroxylation sites is 1. The molecule has 4 rings (SSSR count). The Labute approximate surface area is 137 Å². The van der Waals surface area contributed by atoms with Gasteiger partial charge in [0.05, 0.1) is 23.7 Å². The number of nitrogens with zero attached hydrogens (tertiary/aromatic N) is 3. The van der Waals surface area contributed by atoms with E-state index in [1.54, 1.807) is 0 Å². The minimum Gasteiger partial charge on any atom is -0.371 e. The third-order valence-electron chi connectivity index (χ3n) is 5.26. The van der Waals surface area contributed by atoms with Crippen molar-refractivity contribution in [3.05, 3.63) is 29.6 Å². The largest absolute Gasteiger partial charge is 0.371 e. The van der Waals surface area contributed by atoms with Crippen molar-refractivity contribution in [3.63, 3.8) is 0 Å². The molecule has 23 heavy (non-hydrogen) atoms. The molecule has 124 valence electrons. The van der Waals surface area contributed by atoms with Crippen LogP contribution in [-0.2, 0) is 11.3 Å². The second-order valence-electron chi connectivity index (χ2n) is 7.00. The Hall–Kier alpha value is -1.43. The van der Waals surface area contributed by atoms with Crippen LogP contribution in [0.2, 0.25) is 0 Å². The van der Waals surface area contributed by atoms with Gasteiger partial charge in [-0.3, -0.25) is 0 Å². The number of imidazole rings is 1. The zero-order valence-corrected chi connectivity index (χ0v) is 14.1. The molecular weight excluding hydrogens is 288 g/mol. The molecule has 1 fully saturated rings. The summed E-state index contributed by atoms with van der Waals surface area (Å²) in [5.74, 6) is 1.07. The van der Waals surface area contributed by atoms with Crippen molar-refractivity contribution in [2.24, 2.45) is 0 Å². The summed E-state index contributed by atoms with van der Waals surface area (Å²) in [6, 6.07) is 7.42. The molecule has 1 atom stereocenters. The molecule has 0 amide bonds. The summed E-state index contributed by atoms with van der Waals surface area (Å²) in [6.45, 7) is 6.87. The number of hydrogen-bond donors (Lipinski definition) is 1. The number of rotatable bonds is 3. The molecule has 1 aromatic carbocycles. The number of likely N-dealkylation sites (tertiary alicyclic amines) is 1. The second kappa shape index (κ2) is 6.23. The van der Waals surface area contributed by atoms with Gasteiger partial charge in [0.2, 0.25) is 0 Å². The number of fused-ring (bicyclic) bond motifs is 3. The van der Waals surface area contributed by atoms with Crippen molar-refractivity contribution in [3.8, 4) is 0 Å². The van der Waals surface area contributed by atoms with Crippen LogP contribution in [0.25, 0.3) is 11.0 Å². The quantitative estimate of drug-likeness (QED) is 0.942. The highest BCUT2D eigenvalue weighted by Crippen LogP contribution is 2.27. The lowest BCUT2D eigenvalue weighted by molar-refractivity contribution is 0.0547. The molecule has 0 spiro atoms. The fourth-order valence-corrected chi connectivity index (χ4v) is 3.84. The van der Waals surface area contributed by atoms with Gasteiger partial charge >= 0.3 is 0 Å². The van der Waals surface area contributed by atoms with Crippen LogP contribution in [-0.4, -0.2) is 53.8 Å². The Balaban J connectivity index is 1.53. The first kappa shape index (κ1) is 15.1. The number of aryl methyl sites for hydroxylation is 1. The van der Waals surface area contributed by atoms with Gasteiger partial charge in [-0.05, 0) is 51.5 Å². The molecule has 2 aromatic rings. The summed E-state index contributed by atoms with van der Waals surface area (Å²) < 4.78 is 8.20. The highest BCUT2D eigenvalue weighted by Gasteiger charge is 2.25. The van der Waals surface area contributed by atoms with Gasteiger partial charge in [0, 0.05) is 12.6 Å². The summed E-state index contributed by atoms with van der Waals surface area (Å²) in [5.41, 5.74) is 3.61. The number of hydrogen-bond acceptors (Lipinski definition) is 4. The predicted octanol–water partition coefficient (Wildman–Crippen LogP) is 2.10. The van der Waals surface area contributed by atoms with E-state index in [0.29, 0.717) is 18.7 Å². The number of ether oxygens (including phenoxy) is 1. The zero-order valence-electron chi connectivity index (χ0n) is 14.1. The molecule has 3 heterocycles. The van der Waals surface area contributed by atoms with Crippen LogP contribution in [0, 0.1) is 6.92 Å². The van der Waals surface area contributed by atoms with E-state index < -0.39 is 0 Å². The Kier molecular flexibility index (Phi) is 4.09. The van der Waals surface area contributed by atoms with E-state index in [1.807, 2.05) is 0 Å². The number of aromatic nitrogens is 2. The van der Waals surface area contributed by atoms with E-state index in [-0.39, 0.29) is 0 Å². The van der Waals surface area contributed by atoms with Crippen LogP contribution in [0.5, 0.6) is 0 Å². The molecule has 0 radical (unpaired) electrons. The summed E-state index contributed by atoms with van der Waals surface area (Å²) in [6.07, 6.45) is 2.47. The van der Waals surface area contributed by atoms with Crippen molar-refractivity contribution in [2.45, 2.75) is 38.5 Å². The zero-order chi connectivity index (χ0) is 15.8. The van der Waals surface area contributed by atoms with Gasteiger partial charge in [-0.25, -0.2) is 4.98 Å². The second-order valence-corrected chi connectivity index (χ2v) is 7.00. The van der Waals surface area contributed by atoms with Crippen molar-refractivity contribution >= 4 is 11.0 Å². The van der Waals surface area contributed by atoms with Crippen molar-refractivity contribution in [1.29, 1.82) is 0 Å². The lowest BCUT2D eigenvalue weighted by Crippen LogP contribution is -2.44. The van der Waals surface area contributed by atoms with Crippen LogP contribution in [0.3, 0.4) is 0 Å². The Bertz CT molecular complexity index is 688. The minimum atomic E-state index is 0.338. The maximum atomic E-state index is 5.80. The monoisotopic (exact) mass is 314 g/mol. The van der Waals surface area contributed by atoms with Crippen molar-refractivity contribution in [2.75, 3.05) is 33.3 Å². The van der Waals surface area contributed by atoms with Gasteiger partial charge in [0.25, 0.3) is 0 Å². The van der Waals surface area contributed by atoms with E-state index in [9.17, 15) is 0 Å². The maximum absolute atomic E-state index is 5.80. The Morgan fingerprint density at radius 1 is 1.30 bits per heavy atom. The molecule has 5 nitrogen and oxygen atoms in total. The minimum absolute atomic E-state index is 0.338. The first-order chi connectivity index (χ1) is 11.2. The fraction of sp³-hybridized carbons (Fsp3) is 0.611. The third kappa shape index (κ3) is 2.89. The standard InChI is InChI=1S/C18H26N4O/c1-13-4-3-5-16-18(13)20-17-12-23-11-15(22(16)17)10-19-14-6-8-21(2)9-7-14/h3-5,14-15,19H,6-12H2,1-2H3. The summed E-state index contributed by atoms with van der Waals surface area (Å²) in [7, 11) is 2.21. The maximum Gasteiger partial charge on any atom is 0.136 e. The fourth-order valence-electron chi connectivity index (χ4n) is 3.84. The highest BCUT2D eigenvalue weighted by atomic mass is 16.5. The Morgan fingerprint density at radius 2 is 2.13 bits per heavy atom. The number of nitrogens with one attached hydrogen (secondary N) is 1. The molecule has 1 N–H and O–H groups in total. The average molecular weight is 314 g/mol. The van der Waals surface area contributed by atoms with E-state index in [1.165, 1.54) is 37.0 Å². The van der Waals surface area contributed by atoms with Crippen LogP contribution < -0.4 is 5.32 Å². The van der Waals surface area contributed by atoms with E-state index in [0.717, 1.165) is 24.5 Å². The van der Waals surface area contributed by atoms with Gasteiger partial charge < -0.3 is 19.5 Å². The molecular formula is C18H26N4O. The molecule has 2 aliphatic rings. The lowest BCUT2D eigenvalue weighted by atomic mass is 10.1. The topological polar surface area (TPSA) is 42.3 Å². The SMILES string of the molecule is Cc1cccc2c1nc1n2C(CNC2CCN(C)CC2)COC1. The van der Waals surface area contributed by atoms with Crippen molar-refractivity contribution in [1.82, 2.24) is 19.8 Å². The van der Waals surface area contributed by atoms with E-state index >= 15 is 0 Å². The van der Waals surface area contributed by atoms with Crippen LogP contribution >= 0.6 is 0 Å². The van der Waals surface area contributed by atoms with Gasteiger partial charge in [-0.15, -0.1) is 0 Å². The summed E-state index contributed by atoms with van der Waals surface area (Å²) in [4.78, 5) is 7.22. The molecule has 0 saturated carbocycles. The van der Waals surface area contributed by atoms with Gasteiger partial charge in [0.15, 0.2) is 0 Å². The first-order valence-corrected chi connectivity index (χ1v) is 8.68. The van der Waals surface area contributed by atoms with Crippen LogP contribution in [0.4, 0.5) is 0 Å². The first-order valence-electron chi connectivity index (χ1n) is 8.68. The van der Waals surface area contributed by atoms with Gasteiger partial charge in [-0.1, -0.05) is 12.1 Å². The normalized spacial score (nSPS) is 23.3. The molecule has 2 aliphatic heterocycles. The van der Waals surface area contributed by atoms with Crippen LogP contribution in [0.15, 0.2) is 18.2 Å². The molecule has 1 saturated heterocycles. The molecule has 1 unspecified atom stereocenters. The molecule has 5 heteroatoms. The molecule has 0 aliphatic carbocycles. The summed E-state index contributed by atoms with van der Waals surface area (Å²) >= 11 is 0. The molecule has 0 bridgehead atoms. The highest BCUT2D eigenvalue weighted by molar-refractivity contribution is 5.79. The Morgan fingerprint density at radius 3 is 2.96 bits per heavy atom. The van der Waals surface area contributed by atoms with Gasteiger partial charge in [-0.2, -0.15) is 0 Å². The van der Waals surface area contributed by atoms with Crippen LogP contribution in [0.1, 0.15) is 30.3 Å². The van der Waals surface area contributed by atoms with Gasteiger partial charge in [0.1, 0.15) is 12.4 Å².